The molecule has 4 aromatic rings. The van der Waals surface area contributed by atoms with Crippen LogP contribution in [0.25, 0.3) is 10.9 Å². The van der Waals surface area contributed by atoms with Crippen LogP contribution < -0.4 is 9.47 Å². The summed E-state index contributed by atoms with van der Waals surface area (Å²) in [7, 11) is 1.65. The molecule has 5 heteroatoms. The van der Waals surface area contributed by atoms with Gasteiger partial charge < -0.3 is 19.4 Å². The number of likely N-dealkylation sites (N-methyl/N-ethyl adjacent to an activating group) is 1. The summed E-state index contributed by atoms with van der Waals surface area (Å²) in [5.74, 6) is 1.41. The minimum Gasteiger partial charge on any atom is -0.497 e. The van der Waals surface area contributed by atoms with Gasteiger partial charge in [0.1, 0.15) is 11.5 Å². The predicted octanol–water partition coefficient (Wildman–Crippen LogP) is 5.50. The van der Waals surface area contributed by atoms with Crippen LogP contribution in [0.3, 0.4) is 0 Å². The highest BCUT2D eigenvalue weighted by Crippen LogP contribution is 2.34. The van der Waals surface area contributed by atoms with E-state index < -0.39 is 0 Å². The van der Waals surface area contributed by atoms with E-state index in [1.807, 2.05) is 91.7 Å². The molecule has 0 spiro atoms. The lowest BCUT2D eigenvalue weighted by Gasteiger charge is -2.31. The van der Waals surface area contributed by atoms with E-state index in [9.17, 15) is 4.79 Å². The van der Waals surface area contributed by atoms with Crippen molar-refractivity contribution in [2.45, 2.75) is 19.9 Å². The molecule has 1 atom stereocenters. The van der Waals surface area contributed by atoms with Crippen LogP contribution in [-0.2, 0) is 4.79 Å². The molecule has 4 rings (SSSR count). The summed E-state index contributed by atoms with van der Waals surface area (Å²) >= 11 is 0. The third-order valence-corrected chi connectivity index (χ3v) is 5.67. The van der Waals surface area contributed by atoms with Gasteiger partial charge in [-0.15, -0.1) is 0 Å². The summed E-state index contributed by atoms with van der Waals surface area (Å²) in [6.07, 6.45) is 2.00. The Hall–Kier alpha value is -3.73. The Morgan fingerprint density at radius 3 is 2.50 bits per heavy atom. The zero-order chi connectivity index (χ0) is 22.5. The number of methoxy groups -OCH3 is 1. The highest BCUT2D eigenvalue weighted by molar-refractivity contribution is 5.86. The molecule has 1 aromatic heterocycles. The van der Waals surface area contributed by atoms with Crippen molar-refractivity contribution in [1.29, 1.82) is 0 Å². The molecule has 0 bridgehead atoms. The van der Waals surface area contributed by atoms with Gasteiger partial charge in [-0.3, -0.25) is 4.79 Å². The Bertz CT molecular complexity index is 1200. The number of para-hydroxylation sites is 1. The fraction of sp³-hybridized carbons (Fsp3) is 0.222. The summed E-state index contributed by atoms with van der Waals surface area (Å²) in [5.41, 5.74) is 4.20. The van der Waals surface area contributed by atoms with Crippen LogP contribution in [0.2, 0.25) is 0 Å². The first-order valence-electron chi connectivity index (χ1n) is 10.8. The molecule has 164 valence electrons. The molecule has 0 aliphatic heterocycles. The number of aromatic amines is 1. The van der Waals surface area contributed by atoms with Crippen molar-refractivity contribution in [2.75, 3.05) is 20.3 Å². The Labute approximate surface area is 188 Å². The maximum absolute atomic E-state index is 13.4. The third-order valence-electron chi connectivity index (χ3n) is 5.67. The van der Waals surface area contributed by atoms with Crippen molar-refractivity contribution in [2.24, 2.45) is 0 Å². The van der Waals surface area contributed by atoms with Crippen molar-refractivity contribution < 1.29 is 14.3 Å². The number of hydrogen-bond acceptors (Lipinski definition) is 3. The maximum atomic E-state index is 13.4. The quantitative estimate of drug-likeness (QED) is 0.403. The van der Waals surface area contributed by atoms with Crippen molar-refractivity contribution in [3.05, 3.63) is 95.7 Å². The number of aryl methyl sites for hydroxylation is 1. The van der Waals surface area contributed by atoms with Crippen LogP contribution in [0, 0.1) is 6.92 Å². The molecule has 5 nitrogen and oxygen atoms in total. The van der Waals surface area contributed by atoms with E-state index in [1.165, 1.54) is 0 Å². The molecule has 0 radical (unpaired) electrons. The minimum atomic E-state index is -0.254. The number of carbonyl (C=O) groups is 1. The first kappa shape index (κ1) is 21.5. The number of hydrogen-bond donors (Lipinski definition) is 1. The molecule has 1 N–H and O–H groups in total. The van der Waals surface area contributed by atoms with Crippen LogP contribution in [0.15, 0.2) is 79.0 Å². The molecule has 0 saturated heterocycles. The standard InChI is InChI=1S/C27H28N2O3/c1-4-29(26(30)18-32-22-9-7-8-19(2)16-22)27(20-12-14-21(31-3)15-13-20)24-17-28-25-11-6-5-10-23(24)25/h5-17,27-28H,4,18H2,1-3H3/t27-/m1/s1. The molecule has 1 heterocycles. The van der Waals surface area contributed by atoms with Crippen LogP contribution in [0.1, 0.15) is 29.7 Å². The van der Waals surface area contributed by atoms with Crippen LogP contribution in [0.4, 0.5) is 0 Å². The summed E-state index contributed by atoms with van der Waals surface area (Å²) < 4.78 is 11.2. The number of aromatic nitrogens is 1. The summed E-state index contributed by atoms with van der Waals surface area (Å²) in [6, 6.07) is 23.5. The van der Waals surface area contributed by atoms with Crippen LogP contribution in [-0.4, -0.2) is 36.1 Å². The summed E-state index contributed by atoms with van der Waals surface area (Å²) in [4.78, 5) is 18.6. The molecule has 0 aliphatic rings. The fourth-order valence-corrected chi connectivity index (χ4v) is 4.07. The average Bonchev–Trinajstić information content (AvgIpc) is 3.25. The summed E-state index contributed by atoms with van der Waals surface area (Å²) in [6.45, 7) is 4.53. The number of nitrogens with one attached hydrogen (secondary N) is 1. The van der Waals surface area contributed by atoms with Crippen molar-refractivity contribution in [1.82, 2.24) is 9.88 Å². The molecule has 0 aliphatic carbocycles. The van der Waals surface area contributed by atoms with Gasteiger partial charge in [-0.1, -0.05) is 42.5 Å². The van der Waals surface area contributed by atoms with E-state index in [0.29, 0.717) is 12.3 Å². The first-order chi connectivity index (χ1) is 15.6. The Morgan fingerprint density at radius 1 is 1.00 bits per heavy atom. The molecule has 3 aromatic carbocycles. The van der Waals surface area contributed by atoms with E-state index in [4.69, 9.17) is 9.47 Å². The lowest BCUT2D eigenvalue weighted by Crippen LogP contribution is -2.38. The van der Waals surface area contributed by atoms with E-state index in [0.717, 1.165) is 33.3 Å². The fourth-order valence-electron chi connectivity index (χ4n) is 4.07. The zero-order valence-electron chi connectivity index (χ0n) is 18.7. The van der Waals surface area contributed by atoms with Gasteiger partial charge in [0.15, 0.2) is 6.61 Å². The minimum absolute atomic E-state index is 0.0215. The molecule has 0 saturated carbocycles. The monoisotopic (exact) mass is 428 g/mol. The second-order valence-electron chi connectivity index (χ2n) is 7.75. The Morgan fingerprint density at radius 2 is 1.78 bits per heavy atom. The van der Waals surface area contributed by atoms with E-state index in [-0.39, 0.29) is 18.6 Å². The van der Waals surface area contributed by atoms with Gasteiger partial charge in [0.2, 0.25) is 0 Å². The van der Waals surface area contributed by atoms with Gasteiger partial charge in [0.25, 0.3) is 5.91 Å². The second-order valence-corrected chi connectivity index (χ2v) is 7.75. The maximum Gasteiger partial charge on any atom is 0.261 e. The SMILES string of the molecule is CCN(C(=O)COc1cccc(C)c1)[C@H](c1ccc(OC)cc1)c1c[nH]c2ccccc12. The number of fused-ring (bicyclic) bond motifs is 1. The Kier molecular flexibility index (Phi) is 6.45. The van der Waals surface area contributed by atoms with Crippen LogP contribution in [0.5, 0.6) is 11.5 Å². The predicted molar refractivity (Wildman–Crippen MR) is 127 cm³/mol. The van der Waals surface area contributed by atoms with Crippen molar-refractivity contribution in [3.8, 4) is 11.5 Å². The molecular weight excluding hydrogens is 400 g/mol. The molecule has 0 fully saturated rings. The number of carbonyl (C=O) groups excluding carboxylic acids is 1. The number of ether oxygens (including phenoxy) is 2. The lowest BCUT2D eigenvalue weighted by atomic mass is 9.96. The highest BCUT2D eigenvalue weighted by Gasteiger charge is 2.28. The van der Waals surface area contributed by atoms with Crippen molar-refractivity contribution >= 4 is 16.8 Å². The van der Waals surface area contributed by atoms with Crippen LogP contribution >= 0.6 is 0 Å². The third kappa shape index (κ3) is 4.47. The van der Waals surface area contributed by atoms with E-state index in [1.54, 1.807) is 7.11 Å². The van der Waals surface area contributed by atoms with Gasteiger partial charge in [-0.05, 0) is 55.3 Å². The first-order valence-corrected chi connectivity index (χ1v) is 10.8. The second kappa shape index (κ2) is 9.60. The van der Waals surface area contributed by atoms with E-state index >= 15 is 0 Å². The Balaban J connectivity index is 1.69. The molecular formula is C27H28N2O3. The normalized spacial score (nSPS) is 11.8. The highest BCUT2D eigenvalue weighted by atomic mass is 16.5. The number of benzene rings is 3. The van der Waals surface area contributed by atoms with Gasteiger partial charge in [-0.2, -0.15) is 0 Å². The van der Waals surface area contributed by atoms with Gasteiger partial charge in [0, 0.05) is 29.2 Å². The molecule has 0 unspecified atom stereocenters. The van der Waals surface area contributed by atoms with Gasteiger partial charge >= 0.3 is 0 Å². The smallest absolute Gasteiger partial charge is 0.261 e. The number of nitrogens with zero attached hydrogens (tertiary/aromatic N) is 1. The number of rotatable bonds is 8. The van der Waals surface area contributed by atoms with Crippen molar-refractivity contribution in [3.63, 3.8) is 0 Å². The lowest BCUT2D eigenvalue weighted by molar-refractivity contribution is -0.134. The number of amides is 1. The summed E-state index contributed by atoms with van der Waals surface area (Å²) in [5, 5.41) is 1.10. The topological polar surface area (TPSA) is 54.6 Å². The largest absolute Gasteiger partial charge is 0.497 e. The average molecular weight is 429 g/mol. The van der Waals surface area contributed by atoms with Gasteiger partial charge in [-0.25, -0.2) is 0 Å². The molecule has 32 heavy (non-hydrogen) atoms. The molecule has 1 amide bonds. The van der Waals surface area contributed by atoms with E-state index in [2.05, 4.69) is 11.1 Å². The zero-order valence-corrected chi connectivity index (χ0v) is 18.7. The van der Waals surface area contributed by atoms with Gasteiger partial charge in [0.05, 0.1) is 13.2 Å². The number of H-pyrrole nitrogens is 1.